The summed E-state index contributed by atoms with van der Waals surface area (Å²) in [5.41, 5.74) is 0. The molecule has 0 aromatic heterocycles. The van der Waals surface area contributed by atoms with Gasteiger partial charge in [-0.15, -0.1) is 0 Å². The van der Waals surface area contributed by atoms with E-state index in [4.69, 9.17) is 0 Å². The van der Waals surface area contributed by atoms with Crippen molar-refractivity contribution in [3.63, 3.8) is 0 Å². The number of halogens is 1. The lowest BCUT2D eigenvalue weighted by Crippen LogP contribution is -1.89. The van der Waals surface area contributed by atoms with Gasteiger partial charge in [0.1, 0.15) is 0 Å². The second-order valence-electron chi connectivity index (χ2n) is 3.69. The minimum absolute atomic E-state index is 0.704. The van der Waals surface area contributed by atoms with E-state index in [2.05, 4.69) is 41.9 Å². The lowest BCUT2D eigenvalue weighted by molar-refractivity contribution is 0.598. The van der Waals surface area contributed by atoms with Crippen LogP contribution in [0.4, 0.5) is 0 Å². The van der Waals surface area contributed by atoms with Crippen LogP contribution in [0.1, 0.15) is 58.8 Å². The van der Waals surface area contributed by atoms with Crippen LogP contribution in [0.2, 0.25) is 0 Å². The highest BCUT2D eigenvalue weighted by Crippen LogP contribution is 2.12. The molecule has 1 heteroatoms. The highest BCUT2D eigenvalue weighted by molar-refractivity contribution is 9.09. The van der Waals surface area contributed by atoms with Gasteiger partial charge in [-0.05, 0) is 26.2 Å². The Hall–Kier alpha value is 0.220. The van der Waals surface area contributed by atoms with Crippen molar-refractivity contribution in [2.24, 2.45) is 0 Å². The first kappa shape index (κ1) is 13.2. The van der Waals surface area contributed by atoms with E-state index in [9.17, 15) is 0 Å². The monoisotopic (exact) mass is 246 g/mol. The average Bonchev–Trinajstić information content (AvgIpc) is 2.09. The summed E-state index contributed by atoms with van der Waals surface area (Å²) in [5.74, 6) is 0. The topological polar surface area (TPSA) is 0 Å². The van der Waals surface area contributed by atoms with Gasteiger partial charge in [0, 0.05) is 4.83 Å². The van der Waals surface area contributed by atoms with Gasteiger partial charge in [-0.1, -0.05) is 60.7 Å². The van der Waals surface area contributed by atoms with Crippen LogP contribution in [0.25, 0.3) is 0 Å². The van der Waals surface area contributed by atoms with Gasteiger partial charge < -0.3 is 0 Å². The zero-order chi connectivity index (χ0) is 9.94. The Morgan fingerprint density at radius 1 is 1.08 bits per heavy atom. The van der Waals surface area contributed by atoms with E-state index in [0.29, 0.717) is 4.83 Å². The summed E-state index contributed by atoms with van der Waals surface area (Å²) in [4.78, 5) is 0.704. The summed E-state index contributed by atoms with van der Waals surface area (Å²) >= 11 is 3.57. The number of hydrogen-bond donors (Lipinski definition) is 0. The molecule has 1 atom stereocenters. The van der Waals surface area contributed by atoms with Crippen LogP contribution in [0, 0.1) is 0 Å². The molecule has 0 N–H and O–H groups in total. The van der Waals surface area contributed by atoms with E-state index in [-0.39, 0.29) is 0 Å². The van der Waals surface area contributed by atoms with Crippen molar-refractivity contribution in [1.29, 1.82) is 0 Å². The molecule has 0 heterocycles. The maximum atomic E-state index is 3.57. The van der Waals surface area contributed by atoms with Gasteiger partial charge in [0.2, 0.25) is 0 Å². The van der Waals surface area contributed by atoms with Crippen LogP contribution in [0.15, 0.2) is 12.2 Å². The highest BCUT2D eigenvalue weighted by atomic mass is 79.9. The molecule has 0 nitrogen and oxygen atoms in total. The molecule has 0 aliphatic heterocycles. The number of allylic oxidation sites excluding steroid dienone is 2. The van der Waals surface area contributed by atoms with Crippen LogP contribution in [-0.2, 0) is 0 Å². The van der Waals surface area contributed by atoms with Gasteiger partial charge in [0.05, 0.1) is 0 Å². The molecule has 0 radical (unpaired) electrons. The molecule has 78 valence electrons. The number of rotatable bonds is 8. The van der Waals surface area contributed by atoms with Crippen LogP contribution >= 0.6 is 15.9 Å². The third-order valence-electron chi connectivity index (χ3n) is 2.21. The van der Waals surface area contributed by atoms with Crippen molar-refractivity contribution in [2.45, 2.75) is 63.6 Å². The standard InChI is InChI=1S/C12H23Br/c1-3-4-5-6-7-8-9-10-11-12(2)13/h3-4,12H,5-11H2,1-2H3/b4-3+. The molecule has 0 amide bonds. The Morgan fingerprint density at radius 3 is 2.31 bits per heavy atom. The van der Waals surface area contributed by atoms with Crippen LogP contribution in [-0.4, -0.2) is 4.83 Å². The molecule has 0 saturated heterocycles. The summed E-state index contributed by atoms with van der Waals surface area (Å²) in [6.45, 7) is 4.32. The summed E-state index contributed by atoms with van der Waals surface area (Å²) in [7, 11) is 0. The Bertz CT molecular complexity index is 116. The molecule has 0 spiro atoms. The fourth-order valence-corrected chi connectivity index (χ4v) is 1.71. The quantitative estimate of drug-likeness (QED) is 0.319. The third-order valence-corrected chi connectivity index (χ3v) is 2.67. The zero-order valence-corrected chi connectivity index (χ0v) is 10.6. The molecule has 0 rings (SSSR count). The Labute approximate surface area is 91.9 Å². The molecular formula is C12H23Br. The first-order valence-electron chi connectivity index (χ1n) is 5.52. The zero-order valence-electron chi connectivity index (χ0n) is 9.06. The third kappa shape index (κ3) is 12.2. The Kier molecular flexibility index (Phi) is 10.5. The molecule has 1 unspecified atom stereocenters. The maximum absolute atomic E-state index is 3.57. The van der Waals surface area contributed by atoms with E-state index in [0.717, 1.165) is 0 Å². The molecule has 0 aromatic rings. The SMILES string of the molecule is C/C=C/CCCCCCCC(C)Br. The van der Waals surface area contributed by atoms with Crippen molar-refractivity contribution < 1.29 is 0 Å². The molecule has 0 bridgehead atoms. The fraction of sp³-hybridized carbons (Fsp3) is 0.833. The van der Waals surface area contributed by atoms with Gasteiger partial charge in [-0.2, -0.15) is 0 Å². The van der Waals surface area contributed by atoms with E-state index >= 15 is 0 Å². The maximum Gasteiger partial charge on any atom is 0.0117 e. The van der Waals surface area contributed by atoms with Crippen molar-refractivity contribution in [3.05, 3.63) is 12.2 Å². The highest BCUT2D eigenvalue weighted by Gasteiger charge is 1.95. The van der Waals surface area contributed by atoms with Crippen molar-refractivity contribution in [2.75, 3.05) is 0 Å². The van der Waals surface area contributed by atoms with Crippen LogP contribution in [0.3, 0.4) is 0 Å². The van der Waals surface area contributed by atoms with Gasteiger partial charge in [-0.3, -0.25) is 0 Å². The minimum atomic E-state index is 0.704. The minimum Gasteiger partial charge on any atom is -0.0917 e. The number of alkyl halides is 1. The summed E-state index contributed by atoms with van der Waals surface area (Å²) in [5, 5.41) is 0. The molecule has 0 aromatic carbocycles. The van der Waals surface area contributed by atoms with Gasteiger partial charge >= 0.3 is 0 Å². The molecule has 0 aliphatic carbocycles. The van der Waals surface area contributed by atoms with Crippen molar-refractivity contribution >= 4 is 15.9 Å². The largest absolute Gasteiger partial charge is 0.0917 e. The summed E-state index contributed by atoms with van der Waals surface area (Å²) < 4.78 is 0. The summed E-state index contributed by atoms with van der Waals surface area (Å²) in [6, 6.07) is 0. The van der Waals surface area contributed by atoms with Gasteiger partial charge in [0.25, 0.3) is 0 Å². The first-order chi connectivity index (χ1) is 6.27. The van der Waals surface area contributed by atoms with E-state index < -0.39 is 0 Å². The molecular weight excluding hydrogens is 224 g/mol. The van der Waals surface area contributed by atoms with E-state index in [1.54, 1.807) is 0 Å². The second-order valence-corrected chi connectivity index (χ2v) is 5.26. The van der Waals surface area contributed by atoms with Gasteiger partial charge in [0.15, 0.2) is 0 Å². The smallest absolute Gasteiger partial charge is 0.0117 e. The predicted molar refractivity (Wildman–Crippen MR) is 65.5 cm³/mol. The Morgan fingerprint density at radius 2 is 1.69 bits per heavy atom. The van der Waals surface area contributed by atoms with Crippen LogP contribution < -0.4 is 0 Å². The first-order valence-corrected chi connectivity index (χ1v) is 6.44. The van der Waals surface area contributed by atoms with Crippen molar-refractivity contribution in [1.82, 2.24) is 0 Å². The number of hydrogen-bond acceptors (Lipinski definition) is 0. The predicted octanol–water partition coefficient (Wildman–Crippen LogP) is 5.08. The molecule has 0 aliphatic rings. The van der Waals surface area contributed by atoms with Crippen LogP contribution in [0.5, 0.6) is 0 Å². The lowest BCUT2D eigenvalue weighted by atomic mass is 10.1. The molecule has 13 heavy (non-hydrogen) atoms. The second kappa shape index (κ2) is 10.3. The summed E-state index contributed by atoms with van der Waals surface area (Å²) in [6.07, 6.45) is 14.0. The average molecular weight is 247 g/mol. The Balaban J connectivity index is 2.91. The molecule has 0 saturated carbocycles. The normalized spacial score (nSPS) is 13.8. The van der Waals surface area contributed by atoms with Gasteiger partial charge in [-0.25, -0.2) is 0 Å². The lowest BCUT2D eigenvalue weighted by Gasteiger charge is -2.02. The van der Waals surface area contributed by atoms with E-state index in [1.807, 2.05) is 0 Å². The van der Waals surface area contributed by atoms with E-state index in [1.165, 1.54) is 44.9 Å². The molecule has 0 fully saturated rings. The van der Waals surface area contributed by atoms with Crippen molar-refractivity contribution in [3.8, 4) is 0 Å². The fourth-order valence-electron chi connectivity index (χ4n) is 1.38. The number of unbranched alkanes of at least 4 members (excludes halogenated alkanes) is 5.